The van der Waals surface area contributed by atoms with E-state index in [1.54, 1.807) is 6.20 Å². The number of hydrogen-bond acceptors (Lipinski definition) is 3. The van der Waals surface area contributed by atoms with Gasteiger partial charge in [0.2, 0.25) is 0 Å². The van der Waals surface area contributed by atoms with Gasteiger partial charge in [-0.15, -0.1) is 0 Å². The van der Waals surface area contributed by atoms with E-state index in [2.05, 4.69) is 87.9 Å². The monoisotopic (exact) mass is 490 g/mol. The lowest BCUT2D eigenvalue weighted by molar-refractivity contribution is 0.587. The third-order valence-electron chi connectivity index (χ3n) is 6.99. The molecular formula is C32H34N4O. The summed E-state index contributed by atoms with van der Waals surface area (Å²) in [7, 11) is 1.97. The molecule has 0 saturated carbocycles. The minimum atomic E-state index is -0.139. The van der Waals surface area contributed by atoms with Crippen LogP contribution in [0.25, 0.3) is 44.8 Å². The summed E-state index contributed by atoms with van der Waals surface area (Å²) >= 11 is 0. The summed E-state index contributed by atoms with van der Waals surface area (Å²) in [6.45, 7) is 13.1. The number of nitrogens with one attached hydrogen (secondary N) is 1. The molecule has 0 saturated heterocycles. The van der Waals surface area contributed by atoms with Crippen molar-refractivity contribution in [2.24, 2.45) is 7.05 Å². The Morgan fingerprint density at radius 3 is 2.19 bits per heavy atom. The maximum atomic E-state index is 12.9. The number of rotatable bonds is 3. The maximum Gasteiger partial charge on any atom is 0.258 e. The van der Waals surface area contributed by atoms with Crippen molar-refractivity contribution in [1.29, 1.82) is 0 Å². The van der Waals surface area contributed by atoms with Crippen LogP contribution in [-0.2, 0) is 17.9 Å². The summed E-state index contributed by atoms with van der Waals surface area (Å²) in [5, 5.41) is 0. The number of benzene rings is 2. The normalized spacial score (nSPS) is 12.3. The maximum absolute atomic E-state index is 12.9. The predicted molar refractivity (Wildman–Crippen MR) is 153 cm³/mol. The Bertz CT molecular complexity index is 1660. The highest BCUT2D eigenvalue weighted by molar-refractivity contribution is 5.95. The number of para-hydroxylation sites is 1. The van der Waals surface area contributed by atoms with Gasteiger partial charge in [-0.1, -0.05) is 65.8 Å². The molecule has 5 nitrogen and oxygen atoms in total. The molecule has 0 amide bonds. The van der Waals surface area contributed by atoms with Crippen molar-refractivity contribution < 1.29 is 0 Å². The van der Waals surface area contributed by atoms with Crippen molar-refractivity contribution in [3.8, 4) is 33.8 Å². The van der Waals surface area contributed by atoms with E-state index < -0.39 is 0 Å². The van der Waals surface area contributed by atoms with E-state index in [-0.39, 0.29) is 16.4 Å². The first-order chi connectivity index (χ1) is 17.4. The zero-order valence-electron chi connectivity index (χ0n) is 22.7. The molecule has 0 bridgehead atoms. The summed E-state index contributed by atoms with van der Waals surface area (Å²) in [6, 6.07) is 20.9. The molecule has 1 N–H and O–H groups in total. The van der Waals surface area contributed by atoms with Crippen LogP contribution in [0.1, 0.15) is 52.7 Å². The minimum Gasteiger partial charge on any atom is -0.328 e. The lowest BCUT2D eigenvalue weighted by Crippen LogP contribution is -2.17. The Hall–Kier alpha value is -3.99. The number of H-pyrrole nitrogens is 1. The number of nitrogens with zero attached hydrogens (tertiary/aromatic N) is 3. The van der Waals surface area contributed by atoms with Crippen LogP contribution in [0.3, 0.4) is 0 Å². The lowest BCUT2D eigenvalue weighted by atomic mass is 9.83. The molecular weight excluding hydrogens is 456 g/mol. The molecule has 3 aromatic heterocycles. The van der Waals surface area contributed by atoms with Crippen molar-refractivity contribution in [1.82, 2.24) is 19.5 Å². The summed E-state index contributed by atoms with van der Waals surface area (Å²) in [5.41, 5.74) is 8.58. The molecule has 37 heavy (non-hydrogen) atoms. The first-order valence-corrected chi connectivity index (χ1v) is 12.7. The van der Waals surface area contributed by atoms with E-state index in [1.165, 1.54) is 5.56 Å². The van der Waals surface area contributed by atoms with Crippen molar-refractivity contribution in [3.63, 3.8) is 0 Å². The minimum absolute atomic E-state index is 0.0383. The second-order valence-corrected chi connectivity index (χ2v) is 11.8. The topological polar surface area (TPSA) is 63.6 Å². The SMILES string of the molecule is Cn1c(-c2cc(C(C)(C)C)c[nH]c2=O)nc2c(-c3cc(-c4ccccn4)cc(C(C)(C)C)c3)cccc21. The second kappa shape index (κ2) is 8.84. The van der Waals surface area contributed by atoms with Gasteiger partial charge in [-0.2, -0.15) is 0 Å². The Kier molecular flexibility index (Phi) is 5.90. The largest absolute Gasteiger partial charge is 0.328 e. The number of fused-ring (bicyclic) bond motifs is 1. The average molecular weight is 491 g/mol. The highest BCUT2D eigenvalue weighted by Crippen LogP contribution is 2.36. The highest BCUT2D eigenvalue weighted by atomic mass is 16.1. The van der Waals surface area contributed by atoms with Crippen LogP contribution in [0.5, 0.6) is 0 Å². The number of imidazole rings is 1. The second-order valence-electron chi connectivity index (χ2n) is 11.8. The fraction of sp³-hybridized carbons (Fsp3) is 0.281. The number of pyridine rings is 2. The molecule has 0 radical (unpaired) electrons. The third kappa shape index (κ3) is 4.62. The predicted octanol–water partition coefficient (Wildman–Crippen LogP) is 7.25. The summed E-state index contributed by atoms with van der Waals surface area (Å²) < 4.78 is 2.02. The number of aromatic nitrogens is 4. The smallest absolute Gasteiger partial charge is 0.258 e. The van der Waals surface area contributed by atoms with Gasteiger partial charge in [-0.3, -0.25) is 9.78 Å². The van der Waals surface area contributed by atoms with Gasteiger partial charge < -0.3 is 9.55 Å². The average Bonchev–Trinajstić information content (AvgIpc) is 3.19. The first kappa shape index (κ1) is 24.7. The molecule has 5 aromatic rings. The van der Waals surface area contributed by atoms with E-state index in [4.69, 9.17) is 4.98 Å². The van der Waals surface area contributed by atoms with E-state index in [9.17, 15) is 4.79 Å². The van der Waals surface area contributed by atoms with Gasteiger partial charge in [0.25, 0.3) is 5.56 Å². The Balaban J connectivity index is 1.75. The van der Waals surface area contributed by atoms with Gasteiger partial charge in [0.05, 0.1) is 22.3 Å². The van der Waals surface area contributed by atoms with Gasteiger partial charge in [0.15, 0.2) is 0 Å². The third-order valence-corrected chi connectivity index (χ3v) is 6.99. The molecule has 0 fully saturated rings. The molecule has 2 aromatic carbocycles. The summed E-state index contributed by atoms with van der Waals surface area (Å²) in [4.78, 5) is 25.5. The summed E-state index contributed by atoms with van der Waals surface area (Å²) in [6.07, 6.45) is 3.63. The van der Waals surface area contributed by atoms with Gasteiger partial charge in [-0.25, -0.2) is 4.98 Å². The lowest BCUT2D eigenvalue weighted by Gasteiger charge is -2.21. The molecule has 5 heteroatoms. The first-order valence-electron chi connectivity index (χ1n) is 12.7. The molecule has 0 aliphatic carbocycles. The number of aryl methyl sites for hydroxylation is 1. The number of aromatic amines is 1. The molecule has 0 aliphatic heterocycles. The van der Waals surface area contributed by atoms with E-state index in [0.717, 1.165) is 39.0 Å². The Morgan fingerprint density at radius 2 is 1.51 bits per heavy atom. The zero-order chi connectivity index (χ0) is 26.5. The van der Waals surface area contributed by atoms with Crippen LogP contribution in [0.2, 0.25) is 0 Å². The van der Waals surface area contributed by atoms with Crippen LogP contribution in [0, 0.1) is 0 Å². The quantitative estimate of drug-likeness (QED) is 0.290. The Labute approximate surface area is 218 Å². The van der Waals surface area contributed by atoms with Crippen molar-refractivity contribution in [2.45, 2.75) is 52.4 Å². The van der Waals surface area contributed by atoms with E-state index in [0.29, 0.717) is 11.4 Å². The van der Waals surface area contributed by atoms with Gasteiger partial charge in [-0.05, 0) is 63.9 Å². The van der Waals surface area contributed by atoms with E-state index >= 15 is 0 Å². The fourth-order valence-electron chi connectivity index (χ4n) is 4.67. The van der Waals surface area contributed by atoms with Gasteiger partial charge >= 0.3 is 0 Å². The number of hydrogen-bond donors (Lipinski definition) is 1. The van der Waals surface area contributed by atoms with E-state index in [1.807, 2.05) is 42.1 Å². The molecule has 0 aliphatic rings. The van der Waals surface area contributed by atoms with Crippen molar-refractivity contribution in [2.75, 3.05) is 0 Å². The zero-order valence-corrected chi connectivity index (χ0v) is 22.7. The molecule has 5 rings (SSSR count). The van der Waals surface area contributed by atoms with Crippen LogP contribution < -0.4 is 5.56 Å². The standard InChI is InChI=1S/C32H34N4O/c1-31(2,3)22-16-20(15-21(17-22)26-12-8-9-14-33-26)24-11-10-13-27-28(24)35-29(36(27)7)25-18-23(32(4,5)6)19-34-30(25)37/h8-19H,1-7H3,(H,34,37). The van der Waals surface area contributed by atoms with Crippen LogP contribution in [-0.4, -0.2) is 19.5 Å². The van der Waals surface area contributed by atoms with Gasteiger partial charge in [0, 0.05) is 30.6 Å². The van der Waals surface area contributed by atoms with Crippen molar-refractivity contribution >= 4 is 11.0 Å². The Morgan fingerprint density at radius 1 is 0.784 bits per heavy atom. The fourth-order valence-corrected chi connectivity index (χ4v) is 4.67. The molecule has 3 heterocycles. The highest BCUT2D eigenvalue weighted by Gasteiger charge is 2.22. The summed E-state index contributed by atoms with van der Waals surface area (Å²) in [5.74, 6) is 0.659. The molecule has 0 atom stereocenters. The van der Waals surface area contributed by atoms with Crippen LogP contribution in [0.15, 0.2) is 77.9 Å². The van der Waals surface area contributed by atoms with Gasteiger partial charge in [0.1, 0.15) is 5.82 Å². The van der Waals surface area contributed by atoms with Crippen LogP contribution >= 0.6 is 0 Å². The molecule has 0 unspecified atom stereocenters. The van der Waals surface area contributed by atoms with Crippen molar-refractivity contribution in [3.05, 3.63) is 94.5 Å². The van der Waals surface area contributed by atoms with Crippen LogP contribution in [0.4, 0.5) is 0 Å². The molecule has 188 valence electrons. The molecule has 0 spiro atoms.